The topological polar surface area (TPSA) is 75.4 Å². The number of hydrogen-bond acceptors (Lipinski definition) is 3. The van der Waals surface area contributed by atoms with Crippen LogP contribution in [0.1, 0.15) is 21.5 Å². The summed E-state index contributed by atoms with van der Waals surface area (Å²) in [5.74, 6) is -0.163. The quantitative estimate of drug-likeness (QED) is 0.777. The highest BCUT2D eigenvalue weighted by molar-refractivity contribution is 6.05. The summed E-state index contributed by atoms with van der Waals surface area (Å²) in [5.41, 5.74) is 8.56. The molecule has 4 heteroatoms. The predicted molar refractivity (Wildman–Crippen MR) is 79.5 cm³/mol. The number of anilines is 1. The molecule has 0 atom stereocenters. The summed E-state index contributed by atoms with van der Waals surface area (Å²) in [5, 5.41) is 11.9. The van der Waals surface area contributed by atoms with Gasteiger partial charge in [-0.25, -0.2) is 0 Å². The lowest BCUT2D eigenvalue weighted by Gasteiger charge is -2.10. The lowest BCUT2D eigenvalue weighted by atomic mass is 10.0. The molecule has 2 aromatic rings. The Hall–Kier alpha value is -2.17. The minimum Gasteiger partial charge on any atom is -0.392 e. The molecular formula is C16H18N2O2. The summed E-state index contributed by atoms with van der Waals surface area (Å²) >= 11 is 0. The minimum atomic E-state index is -0.163. The highest BCUT2D eigenvalue weighted by Gasteiger charge is 2.10. The van der Waals surface area contributed by atoms with Gasteiger partial charge in [0.15, 0.2) is 0 Å². The van der Waals surface area contributed by atoms with E-state index in [0.717, 1.165) is 11.1 Å². The summed E-state index contributed by atoms with van der Waals surface area (Å²) in [6, 6.07) is 14.6. The van der Waals surface area contributed by atoms with Crippen LogP contribution in [0.2, 0.25) is 0 Å². The van der Waals surface area contributed by atoms with Gasteiger partial charge >= 0.3 is 0 Å². The van der Waals surface area contributed by atoms with Crippen molar-refractivity contribution in [3.8, 4) is 0 Å². The van der Waals surface area contributed by atoms with Crippen LogP contribution in [-0.4, -0.2) is 17.6 Å². The van der Waals surface area contributed by atoms with Crippen LogP contribution in [0, 0.1) is 0 Å². The van der Waals surface area contributed by atoms with Crippen molar-refractivity contribution in [3.05, 3.63) is 65.2 Å². The van der Waals surface area contributed by atoms with E-state index >= 15 is 0 Å². The number of aliphatic hydroxyl groups excluding tert-OH is 1. The van der Waals surface area contributed by atoms with Gasteiger partial charge in [-0.1, -0.05) is 30.3 Å². The Labute approximate surface area is 118 Å². The van der Waals surface area contributed by atoms with Gasteiger partial charge in [-0.15, -0.1) is 0 Å². The third-order valence-corrected chi connectivity index (χ3v) is 3.04. The largest absolute Gasteiger partial charge is 0.392 e. The standard InChI is InChI=1S/C16H18N2O2/c17-9-8-13-5-1-2-7-15(13)16(20)18-14-6-3-4-12(10-14)11-19/h1-7,10,19H,8-9,11,17H2,(H,18,20). The molecule has 0 aromatic heterocycles. The Morgan fingerprint density at radius 1 is 1.15 bits per heavy atom. The van der Waals surface area contributed by atoms with Gasteiger partial charge in [0.2, 0.25) is 0 Å². The smallest absolute Gasteiger partial charge is 0.255 e. The Morgan fingerprint density at radius 2 is 1.95 bits per heavy atom. The van der Waals surface area contributed by atoms with Gasteiger partial charge in [0.25, 0.3) is 5.91 Å². The van der Waals surface area contributed by atoms with Crippen LogP contribution < -0.4 is 11.1 Å². The number of carbonyl (C=O) groups is 1. The van der Waals surface area contributed by atoms with Crippen molar-refractivity contribution in [2.45, 2.75) is 13.0 Å². The van der Waals surface area contributed by atoms with Gasteiger partial charge in [-0.2, -0.15) is 0 Å². The van der Waals surface area contributed by atoms with Crippen molar-refractivity contribution in [2.75, 3.05) is 11.9 Å². The summed E-state index contributed by atoms with van der Waals surface area (Å²) in [7, 11) is 0. The zero-order chi connectivity index (χ0) is 14.4. The molecule has 0 aliphatic rings. The molecule has 0 saturated heterocycles. The number of hydrogen-bond donors (Lipinski definition) is 3. The fraction of sp³-hybridized carbons (Fsp3) is 0.188. The van der Waals surface area contributed by atoms with Crippen molar-refractivity contribution in [3.63, 3.8) is 0 Å². The highest BCUT2D eigenvalue weighted by atomic mass is 16.3. The van der Waals surface area contributed by atoms with E-state index in [1.807, 2.05) is 18.2 Å². The molecule has 0 fully saturated rings. The van der Waals surface area contributed by atoms with Crippen molar-refractivity contribution >= 4 is 11.6 Å². The van der Waals surface area contributed by atoms with E-state index in [2.05, 4.69) is 5.32 Å². The number of nitrogens with one attached hydrogen (secondary N) is 1. The summed E-state index contributed by atoms with van der Waals surface area (Å²) in [6.07, 6.45) is 0.667. The maximum atomic E-state index is 12.3. The summed E-state index contributed by atoms with van der Waals surface area (Å²) < 4.78 is 0. The van der Waals surface area contributed by atoms with E-state index in [1.54, 1.807) is 30.3 Å². The normalized spacial score (nSPS) is 10.3. The average Bonchev–Trinajstić information content (AvgIpc) is 2.48. The first-order chi connectivity index (χ1) is 9.74. The van der Waals surface area contributed by atoms with Crippen LogP contribution in [-0.2, 0) is 13.0 Å². The molecule has 0 spiro atoms. The molecule has 0 heterocycles. The van der Waals surface area contributed by atoms with E-state index in [-0.39, 0.29) is 12.5 Å². The van der Waals surface area contributed by atoms with Gasteiger partial charge in [0.1, 0.15) is 0 Å². The Morgan fingerprint density at radius 3 is 2.70 bits per heavy atom. The van der Waals surface area contributed by atoms with Gasteiger partial charge in [0, 0.05) is 11.3 Å². The third-order valence-electron chi connectivity index (χ3n) is 3.04. The van der Waals surface area contributed by atoms with Crippen molar-refractivity contribution < 1.29 is 9.90 Å². The summed E-state index contributed by atoms with van der Waals surface area (Å²) in [6.45, 7) is 0.456. The first kappa shape index (κ1) is 14.2. The van der Waals surface area contributed by atoms with Crippen LogP contribution in [0.4, 0.5) is 5.69 Å². The molecule has 4 N–H and O–H groups in total. The molecule has 2 aromatic carbocycles. The zero-order valence-corrected chi connectivity index (χ0v) is 11.2. The molecule has 1 amide bonds. The van der Waals surface area contributed by atoms with Crippen LogP contribution >= 0.6 is 0 Å². The van der Waals surface area contributed by atoms with E-state index in [4.69, 9.17) is 10.8 Å². The molecule has 0 aliphatic carbocycles. The number of carbonyl (C=O) groups excluding carboxylic acids is 1. The van der Waals surface area contributed by atoms with Gasteiger partial charge in [0.05, 0.1) is 6.61 Å². The molecule has 0 unspecified atom stereocenters. The van der Waals surface area contributed by atoms with Gasteiger partial charge < -0.3 is 16.2 Å². The van der Waals surface area contributed by atoms with E-state index in [1.165, 1.54) is 0 Å². The van der Waals surface area contributed by atoms with E-state index < -0.39 is 0 Å². The Bertz CT molecular complexity index is 597. The average molecular weight is 270 g/mol. The van der Waals surface area contributed by atoms with Gasteiger partial charge in [-0.05, 0) is 42.3 Å². The number of aliphatic hydroxyl groups is 1. The third kappa shape index (κ3) is 3.44. The Kier molecular flexibility index (Phi) is 4.87. The van der Waals surface area contributed by atoms with E-state index in [0.29, 0.717) is 24.2 Å². The van der Waals surface area contributed by atoms with Crippen LogP contribution in [0.15, 0.2) is 48.5 Å². The predicted octanol–water partition coefficient (Wildman–Crippen LogP) is 1.93. The second kappa shape index (κ2) is 6.84. The lowest BCUT2D eigenvalue weighted by Crippen LogP contribution is -2.16. The minimum absolute atomic E-state index is 0.0481. The van der Waals surface area contributed by atoms with Crippen molar-refractivity contribution in [2.24, 2.45) is 5.73 Å². The van der Waals surface area contributed by atoms with Crippen LogP contribution in [0.3, 0.4) is 0 Å². The maximum Gasteiger partial charge on any atom is 0.255 e. The number of rotatable bonds is 5. The first-order valence-corrected chi connectivity index (χ1v) is 6.53. The maximum absolute atomic E-state index is 12.3. The second-order valence-corrected chi connectivity index (χ2v) is 4.51. The zero-order valence-electron chi connectivity index (χ0n) is 11.2. The number of benzene rings is 2. The molecule has 0 saturated carbocycles. The Balaban J connectivity index is 2.19. The SMILES string of the molecule is NCCc1ccccc1C(=O)Nc1cccc(CO)c1. The van der Waals surface area contributed by atoms with Crippen LogP contribution in [0.25, 0.3) is 0 Å². The van der Waals surface area contributed by atoms with E-state index in [9.17, 15) is 4.79 Å². The van der Waals surface area contributed by atoms with Crippen molar-refractivity contribution in [1.82, 2.24) is 0 Å². The van der Waals surface area contributed by atoms with Crippen molar-refractivity contribution in [1.29, 1.82) is 0 Å². The summed E-state index contributed by atoms with van der Waals surface area (Å²) in [4.78, 5) is 12.3. The lowest BCUT2D eigenvalue weighted by molar-refractivity contribution is 0.102. The van der Waals surface area contributed by atoms with Gasteiger partial charge in [-0.3, -0.25) is 4.79 Å². The fourth-order valence-corrected chi connectivity index (χ4v) is 2.06. The molecule has 0 aliphatic heterocycles. The molecule has 2 rings (SSSR count). The monoisotopic (exact) mass is 270 g/mol. The fourth-order valence-electron chi connectivity index (χ4n) is 2.06. The highest BCUT2D eigenvalue weighted by Crippen LogP contribution is 2.15. The molecule has 0 bridgehead atoms. The number of amides is 1. The molecule has 4 nitrogen and oxygen atoms in total. The molecule has 0 radical (unpaired) electrons. The van der Waals surface area contributed by atoms with Crippen LogP contribution in [0.5, 0.6) is 0 Å². The first-order valence-electron chi connectivity index (χ1n) is 6.53. The molecular weight excluding hydrogens is 252 g/mol. The molecule has 104 valence electrons. The second-order valence-electron chi connectivity index (χ2n) is 4.51. The molecule has 20 heavy (non-hydrogen) atoms. The number of nitrogens with two attached hydrogens (primary N) is 1.